The molecule has 0 N–H and O–H groups in total. The summed E-state index contributed by atoms with van der Waals surface area (Å²) in [5.74, 6) is 0.716. The Morgan fingerprint density at radius 3 is 2.67 bits per heavy atom. The van der Waals surface area contributed by atoms with Gasteiger partial charge in [0.15, 0.2) is 0 Å². The molecule has 66 valence electrons. The molecule has 0 aliphatic rings. The highest BCUT2D eigenvalue weighted by Crippen LogP contribution is 2.19. The molecule has 0 radical (unpaired) electrons. The van der Waals surface area contributed by atoms with Gasteiger partial charge in [-0.15, -0.1) is 0 Å². The number of rotatable bonds is 2. The number of hydrogen-bond donors (Lipinski definition) is 0. The van der Waals surface area contributed by atoms with Gasteiger partial charge in [0.1, 0.15) is 0 Å². The topological polar surface area (TPSA) is 22.1 Å². The Kier molecular flexibility index (Phi) is 3.09. The van der Waals surface area contributed by atoms with Crippen LogP contribution in [-0.4, -0.2) is 11.1 Å². The van der Waals surface area contributed by atoms with Gasteiger partial charge in [-0.25, -0.2) is 4.98 Å². The van der Waals surface area contributed by atoms with Gasteiger partial charge in [0, 0.05) is 16.2 Å². The van der Waals surface area contributed by atoms with Crippen molar-refractivity contribution in [3.05, 3.63) is 22.3 Å². The summed E-state index contributed by atoms with van der Waals surface area (Å²) in [6.07, 6.45) is 1.92. The lowest BCUT2D eigenvalue weighted by molar-refractivity contribution is 0.231. The molecule has 3 heteroatoms. The highest BCUT2D eigenvalue weighted by Gasteiger charge is 2.03. The lowest BCUT2D eigenvalue weighted by atomic mass is 10.3. The van der Waals surface area contributed by atoms with Crippen LogP contribution in [0.4, 0.5) is 0 Å². The van der Waals surface area contributed by atoms with Gasteiger partial charge in [0.25, 0.3) is 0 Å². The summed E-state index contributed by atoms with van der Waals surface area (Å²) < 4.78 is 6.45. The summed E-state index contributed by atoms with van der Waals surface area (Å²) in [6.45, 7) is 5.96. The molecule has 0 aliphatic carbocycles. The Morgan fingerprint density at radius 1 is 1.50 bits per heavy atom. The predicted molar refractivity (Wildman–Crippen MR) is 52.4 cm³/mol. The first-order valence-electron chi connectivity index (χ1n) is 3.88. The van der Waals surface area contributed by atoms with Crippen molar-refractivity contribution in [3.63, 3.8) is 0 Å². The van der Waals surface area contributed by atoms with E-state index in [-0.39, 0.29) is 6.10 Å². The van der Waals surface area contributed by atoms with Crippen molar-refractivity contribution >= 4 is 15.9 Å². The average molecular weight is 230 g/mol. The lowest BCUT2D eigenvalue weighted by Gasteiger charge is -2.10. The molecule has 0 amide bonds. The third-order valence-electron chi connectivity index (χ3n) is 1.34. The second-order valence-electron chi connectivity index (χ2n) is 2.94. The van der Waals surface area contributed by atoms with Gasteiger partial charge in [-0.2, -0.15) is 0 Å². The Labute approximate surface area is 81.1 Å². The van der Waals surface area contributed by atoms with Gasteiger partial charge in [0.05, 0.1) is 6.10 Å². The maximum atomic E-state index is 5.47. The second kappa shape index (κ2) is 3.90. The SMILES string of the molecule is Cc1cc(Br)cnc1OC(C)C. The van der Waals surface area contributed by atoms with E-state index in [1.807, 2.05) is 26.8 Å². The fourth-order valence-electron chi connectivity index (χ4n) is 0.875. The minimum absolute atomic E-state index is 0.178. The van der Waals surface area contributed by atoms with Gasteiger partial charge in [-0.3, -0.25) is 0 Å². The molecule has 1 rings (SSSR count). The minimum Gasteiger partial charge on any atom is -0.475 e. The van der Waals surface area contributed by atoms with Crippen LogP contribution in [0.5, 0.6) is 5.88 Å². The summed E-state index contributed by atoms with van der Waals surface area (Å²) in [5.41, 5.74) is 1.05. The van der Waals surface area contributed by atoms with E-state index >= 15 is 0 Å². The molecule has 0 aromatic carbocycles. The first kappa shape index (κ1) is 9.52. The van der Waals surface area contributed by atoms with E-state index in [2.05, 4.69) is 20.9 Å². The second-order valence-corrected chi connectivity index (χ2v) is 3.86. The lowest BCUT2D eigenvalue weighted by Crippen LogP contribution is -2.07. The molecule has 0 spiro atoms. The standard InChI is InChI=1S/C9H12BrNO/c1-6(2)12-9-7(3)4-8(10)5-11-9/h4-6H,1-3H3. The van der Waals surface area contributed by atoms with Crippen molar-refractivity contribution in [1.29, 1.82) is 0 Å². The normalized spacial score (nSPS) is 10.4. The van der Waals surface area contributed by atoms with Crippen molar-refractivity contribution in [3.8, 4) is 5.88 Å². The van der Waals surface area contributed by atoms with Crippen LogP contribution in [0.3, 0.4) is 0 Å². The van der Waals surface area contributed by atoms with Crippen LogP contribution in [0.25, 0.3) is 0 Å². The van der Waals surface area contributed by atoms with Crippen molar-refractivity contribution in [2.75, 3.05) is 0 Å². The highest BCUT2D eigenvalue weighted by molar-refractivity contribution is 9.10. The molecule has 0 unspecified atom stereocenters. The smallest absolute Gasteiger partial charge is 0.216 e. The van der Waals surface area contributed by atoms with Crippen LogP contribution in [0, 0.1) is 6.92 Å². The number of pyridine rings is 1. The molecule has 0 saturated carbocycles. The van der Waals surface area contributed by atoms with Gasteiger partial charge in [-0.1, -0.05) is 0 Å². The van der Waals surface area contributed by atoms with Crippen molar-refractivity contribution in [2.24, 2.45) is 0 Å². The molecule has 1 aromatic heterocycles. The van der Waals surface area contributed by atoms with E-state index in [1.54, 1.807) is 6.20 Å². The van der Waals surface area contributed by atoms with Gasteiger partial charge in [-0.05, 0) is 42.8 Å². The first-order chi connectivity index (χ1) is 5.59. The van der Waals surface area contributed by atoms with Crippen LogP contribution >= 0.6 is 15.9 Å². The van der Waals surface area contributed by atoms with E-state index < -0.39 is 0 Å². The quantitative estimate of drug-likeness (QED) is 0.779. The van der Waals surface area contributed by atoms with Gasteiger partial charge in [0.2, 0.25) is 5.88 Å². The number of aryl methyl sites for hydroxylation is 1. The van der Waals surface area contributed by atoms with Crippen LogP contribution in [0.15, 0.2) is 16.7 Å². The number of halogens is 1. The molecule has 0 bridgehead atoms. The molecule has 2 nitrogen and oxygen atoms in total. The Bertz CT molecular complexity index is 273. The van der Waals surface area contributed by atoms with E-state index in [0.29, 0.717) is 5.88 Å². The van der Waals surface area contributed by atoms with Gasteiger partial charge < -0.3 is 4.74 Å². The molecule has 0 aliphatic heterocycles. The molecular weight excluding hydrogens is 218 g/mol. The zero-order chi connectivity index (χ0) is 9.14. The zero-order valence-electron chi connectivity index (χ0n) is 7.47. The maximum absolute atomic E-state index is 5.47. The average Bonchev–Trinajstić information content (AvgIpc) is 1.94. The molecule has 1 aromatic rings. The van der Waals surface area contributed by atoms with E-state index in [9.17, 15) is 0 Å². The molecule has 0 fully saturated rings. The zero-order valence-corrected chi connectivity index (χ0v) is 9.05. The predicted octanol–water partition coefficient (Wildman–Crippen LogP) is 2.94. The Balaban J connectivity index is 2.86. The van der Waals surface area contributed by atoms with Crippen LogP contribution in [0.2, 0.25) is 0 Å². The van der Waals surface area contributed by atoms with Crippen LogP contribution < -0.4 is 4.74 Å². The summed E-state index contributed by atoms with van der Waals surface area (Å²) in [6, 6.07) is 1.99. The third kappa shape index (κ3) is 2.48. The Hall–Kier alpha value is -0.570. The largest absolute Gasteiger partial charge is 0.475 e. The first-order valence-corrected chi connectivity index (χ1v) is 4.67. The number of hydrogen-bond acceptors (Lipinski definition) is 2. The molecule has 0 saturated heterocycles. The van der Waals surface area contributed by atoms with Crippen molar-refractivity contribution in [2.45, 2.75) is 26.9 Å². The van der Waals surface area contributed by atoms with E-state index in [0.717, 1.165) is 10.0 Å². The summed E-state index contributed by atoms with van der Waals surface area (Å²) in [4.78, 5) is 4.15. The van der Waals surface area contributed by atoms with Crippen LogP contribution in [-0.2, 0) is 0 Å². The summed E-state index contributed by atoms with van der Waals surface area (Å²) in [5, 5.41) is 0. The fraction of sp³-hybridized carbons (Fsp3) is 0.444. The monoisotopic (exact) mass is 229 g/mol. The molecular formula is C9H12BrNO. The van der Waals surface area contributed by atoms with Crippen molar-refractivity contribution in [1.82, 2.24) is 4.98 Å². The van der Waals surface area contributed by atoms with Gasteiger partial charge >= 0.3 is 0 Å². The highest BCUT2D eigenvalue weighted by atomic mass is 79.9. The molecule has 1 heterocycles. The minimum atomic E-state index is 0.178. The summed E-state index contributed by atoms with van der Waals surface area (Å²) in [7, 11) is 0. The summed E-state index contributed by atoms with van der Waals surface area (Å²) >= 11 is 3.34. The van der Waals surface area contributed by atoms with E-state index in [1.165, 1.54) is 0 Å². The molecule has 0 atom stereocenters. The Morgan fingerprint density at radius 2 is 2.17 bits per heavy atom. The molecule has 12 heavy (non-hydrogen) atoms. The van der Waals surface area contributed by atoms with E-state index in [4.69, 9.17) is 4.74 Å². The maximum Gasteiger partial charge on any atom is 0.216 e. The van der Waals surface area contributed by atoms with Crippen LogP contribution in [0.1, 0.15) is 19.4 Å². The fourth-order valence-corrected chi connectivity index (χ4v) is 1.32. The number of nitrogens with zero attached hydrogens (tertiary/aromatic N) is 1. The van der Waals surface area contributed by atoms with Crippen molar-refractivity contribution < 1.29 is 4.74 Å². The third-order valence-corrected chi connectivity index (χ3v) is 1.78. The number of aromatic nitrogens is 1. The number of ether oxygens (including phenoxy) is 1.